The Labute approximate surface area is 161 Å². The monoisotopic (exact) mass is 375 g/mol. The summed E-state index contributed by atoms with van der Waals surface area (Å²) in [5, 5.41) is 15.9. The van der Waals surface area contributed by atoms with Gasteiger partial charge in [-0.25, -0.2) is 0 Å². The maximum atomic E-state index is 12.1. The van der Waals surface area contributed by atoms with Gasteiger partial charge >= 0.3 is 0 Å². The van der Waals surface area contributed by atoms with E-state index in [1.165, 1.54) is 18.2 Å². The number of nitro groups is 1. The summed E-state index contributed by atoms with van der Waals surface area (Å²) in [6, 6.07) is 22.5. The van der Waals surface area contributed by atoms with Crippen LogP contribution in [0, 0.1) is 10.1 Å². The van der Waals surface area contributed by atoms with Gasteiger partial charge in [0, 0.05) is 23.4 Å². The molecule has 0 atom stereocenters. The van der Waals surface area contributed by atoms with Gasteiger partial charge in [0.05, 0.1) is 11.5 Å². The quantitative estimate of drug-likeness (QED) is 0.507. The molecule has 0 aliphatic rings. The molecule has 0 saturated heterocycles. The molecule has 2 N–H and O–H groups in total. The van der Waals surface area contributed by atoms with Crippen LogP contribution < -0.4 is 10.6 Å². The largest absolute Gasteiger partial charge is 0.343 e. The van der Waals surface area contributed by atoms with Gasteiger partial charge in [-0.1, -0.05) is 48.5 Å². The van der Waals surface area contributed by atoms with E-state index < -0.39 is 16.7 Å². The molecular weight excluding hydrogens is 358 g/mol. The molecule has 0 spiro atoms. The number of hydrogen-bond acceptors (Lipinski definition) is 4. The lowest BCUT2D eigenvalue weighted by Gasteiger charge is -2.08. The first-order valence-corrected chi connectivity index (χ1v) is 8.51. The zero-order chi connectivity index (χ0) is 19.9. The Bertz CT molecular complexity index is 1000. The summed E-state index contributed by atoms with van der Waals surface area (Å²) in [4.78, 5) is 34.3. The zero-order valence-corrected chi connectivity index (χ0v) is 14.8. The Balaban J connectivity index is 1.55. The van der Waals surface area contributed by atoms with Crippen molar-refractivity contribution in [2.75, 3.05) is 11.9 Å². The lowest BCUT2D eigenvalue weighted by Crippen LogP contribution is -2.32. The molecule has 0 bridgehead atoms. The van der Waals surface area contributed by atoms with Gasteiger partial charge in [0.2, 0.25) is 5.91 Å². The number of non-ortho nitro benzene ring substituents is 1. The summed E-state index contributed by atoms with van der Waals surface area (Å²) in [5.74, 6) is -0.954. The summed E-state index contributed by atoms with van der Waals surface area (Å²) in [5.41, 5.74) is 2.64. The van der Waals surface area contributed by atoms with E-state index in [1.807, 2.05) is 42.5 Å². The predicted octanol–water partition coefficient (Wildman–Crippen LogP) is 3.63. The molecule has 0 aromatic heterocycles. The van der Waals surface area contributed by atoms with Crippen LogP contribution in [-0.4, -0.2) is 23.3 Å². The third kappa shape index (κ3) is 4.79. The lowest BCUT2D eigenvalue weighted by molar-refractivity contribution is -0.384. The van der Waals surface area contributed by atoms with Crippen molar-refractivity contribution in [1.82, 2.24) is 5.32 Å². The van der Waals surface area contributed by atoms with E-state index in [0.29, 0.717) is 5.69 Å². The van der Waals surface area contributed by atoms with Gasteiger partial charge in [-0.05, 0) is 29.3 Å². The molecule has 3 rings (SSSR count). The van der Waals surface area contributed by atoms with Crippen LogP contribution in [0.1, 0.15) is 10.4 Å². The van der Waals surface area contributed by atoms with Crippen LogP contribution in [0.2, 0.25) is 0 Å². The van der Waals surface area contributed by atoms with Crippen molar-refractivity contribution < 1.29 is 14.5 Å². The van der Waals surface area contributed by atoms with E-state index in [2.05, 4.69) is 10.6 Å². The van der Waals surface area contributed by atoms with E-state index in [9.17, 15) is 19.7 Å². The predicted molar refractivity (Wildman–Crippen MR) is 106 cm³/mol. The maximum Gasteiger partial charge on any atom is 0.270 e. The summed E-state index contributed by atoms with van der Waals surface area (Å²) >= 11 is 0. The second-order valence-electron chi connectivity index (χ2n) is 5.98. The molecule has 7 nitrogen and oxygen atoms in total. The summed E-state index contributed by atoms with van der Waals surface area (Å²) in [6.45, 7) is -0.248. The van der Waals surface area contributed by atoms with Crippen LogP contribution >= 0.6 is 0 Å². The van der Waals surface area contributed by atoms with Crippen molar-refractivity contribution in [2.24, 2.45) is 0 Å². The number of hydrogen-bond donors (Lipinski definition) is 2. The fourth-order valence-electron chi connectivity index (χ4n) is 2.61. The minimum Gasteiger partial charge on any atom is -0.343 e. The SMILES string of the molecule is O=C(CNC(=O)c1cccc([N+](=O)[O-])c1)Nc1ccc(-c2ccccc2)cc1. The number of nitrogens with one attached hydrogen (secondary N) is 2. The van der Waals surface area contributed by atoms with Gasteiger partial charge < -0.3 is 10.6 Å². The fraction of sp³-hybridized carbons (Fsp3) is 0.0476. The van der Waals surface area contributed by atoms with Gasteiger partial charge in [-0.15, -0.1) is 0 Å². The number of benzene rings is 3. The summed E-state index contributed by atoms with van der Waals surface area (Å²) < 4.78 is 0. The Kier molecular flexibility index (Phi) is 5.76. The molecule has 2 amide bonds. The van der Waals surface area contributed by atoms with E-state index in [4.69, 9.17) is 0 Å². The van der Waals surface area contributed by atoms with Crippen LogP contribution in [0.3, 0.4) is 0 Å². The number of amides is 2. The Morgan fingerprint density at radius 1 is 0.857 bits per heavy atom. The van der Waals surface area contributed by atoms with Crippen molar-refractivity contribution in [3.8, 4) is 11.1 Å². The number of nitrogens with zero attached hydrogens (tertiary/aromatic N) is 1. The summed E-state index contributed by atoms with van der Waals surface area (Å²) in [7, 11) is 0. The first-order chi connectivity index (χ1) is 13.5. The Morgan fingerprint density at radius 3 is 2.21 bits per heavy atom. The Morgan fingerprint density at radius 2 is 1.54 bits per heavy atom. The highest BCUT2D eigenvalue weighted by molar-refractivity contribution is 5.99. The van der Waals surface area contributed by atoms with Gasteiger partial charge in [0.1, 0.15) is 0 Å². The molecule has 0 saturated carbocycles. The number of carbonyl (C=O) groups excluding carboxylic acids is 2. The normalized spacial score (nSPS) is 10.1. The van der Waals surface area contributed by atoms with E-state index >= 15 is 0 Å². The highest BCUT2D eigenvalue weighted by atomic mass is 16.6. The van der Waals surface area contributed by atoms with Crippen LogP contribution in [0.4, 0.5) is 11.4 Å². The third-order valence-corrected chi connectivity index (χ3v) is 4.00. The topological polar surface area (TPSA) is 101 Å². The fourth-order valence-corrected chi connectivity index (χ4v) is 2.61. The number of rotatable bonds is 6. The highest BCUT2D eigenvalue weighted by Gasteiger charge is 2.12. The van der Waals surface area contributed by atoms with Gasteiger partial charge in [-0.3, -0.25) is 19.7 Å². The highest BCUT2D eigenvalue weighted by Crippen LogP contribution is 2.21. The van der Waals surface area contributed by atoms with Crippen molar-refractivity contribution in [3.05, 3.63) is 94.5 Å². The molecule has 0 fully saturated rings. The van der Waals surface area contributed by atoms with Gasteiger partial charge in [0.15, 0.2) is 0 Å². The number of nitro benzene ring substituents is 1. The first-order valence-electron chi connectivity index (χ1n) is 8.51. The number of anilines is 1. The average molecular weight is 375 g/mol. The van der Waals surface area contributed by atoms with Gasteiger partial charge in [0.25, 0.3) is 11.6 Å². The maximum absolute atomic E-state index is 12.1. The molecule has 7 heteroatoms. The average Bonchev–Trinajstić information content (AvgIpc) is 2.73. The molecule has 3 aromatic rings. The molecule has 0 heterocycles. The standard InChI is InChI=1S/C21H17N3O4/c25-20(14-22-21(26)17-7-4-8-19(13-17)24(27)28)23-18-11-9-16(10-12-18)15-5-2-1-3-6-15/h1-13H,14H2,(H,22,26)(H,23,25). The molecule has 28 heavy (non-hydrogen) atoms. The van der Waals surface area contributed by atoms with Crippen LogP contribution in [0.5, 0.6) is 0 Å². The summed E-state index contributed by atoms with van der Waals surface area (Å²) in [6.07, 6.45) is 0. The first kappa shape index (κ1) is 18.8. The lowest BCUT2D eigenvalue weighted by atomic mass is 10.1. The minimum atomic E-state index is -0.581. The van der Waals surface area contributed by atoms with E-state index in [-0.39, 0.29) is 17.8 Å². The Hall–Kier alpha value is -4.00. The van der Waals surface area contributed by atoms with E-state index in [1.54, 1.807) is 12.1 Å². The molecule has 0 radical (unpaired) electrons. The zero-order valence-electron chi connectivity index (χ0n) is 14.8. The second-order valence-corrected chi connectivity index (χ2v) is 5.98. The van der Waals surface area contributed by atoms with Crippen LogP contribution in [0.25, 0.3) is 11.1 Å². The van der Waals surface area contributed by atoms with Crippen molar-refractivity contribution in [2.45, 2.75) is 0 Å². The third-order valence-electron chi connectivity index (χ3n) is 4.00. The van der Waals surface area contributed by atoms with Crippen LogP contribution in [-0.2, 0) is 4.79 Å². The van der Waals surface area contributed by atoms with Crippen molar-refractivity contribution in [1.29, 1.82) is 0 Å². The smallest absolute Gasteiger partial charge is 0.270 e. The minimum absolute atomic E-state index is 0.120. The van der Waals surface area contributed by atoms with E-state index in [0.717, 1.165) is 17.2 Å². The molecule has 140 valence electrons. The molecule has 0 aliphatic heterocycles. The number of carbonyl (C=O) groups is 2. The van der Waals surface area contributed by atoms with Crippen LogP contribution in [0.15, 0.2) is 78.9 Å². The van der Waals surface area contributed by atoms with Crippen molar-refractivity contribution >= 4 is 23.2 Å². The second kappa shape index (κ2) is 8.59. The van der Waals surface area contributed by atoms with Gasteiger partial charge in [-0.2, -0.15) is 0 Å². The van der Waals surface area contributed by atoms with Crippen molar-refractivity contribution in [3.63, 3.8) is 0 Å². The molecule has 0 aliphatic carbocycles. The molecule has 3 aromatic carbocycles. The molecule has 0 unspecified atom stereocenters. The molecular formula is C21H17N3O4.